The molecule has 2 fully saturated rings. The Bertz CT molecular complexity index is 208. The fourth-order valence-corrected chi connectivity index (χ4v) is 3.32. The van der Waals surface area contributed by atoms with Crippen molar-refractivity contribution in [1.82, 2.24) is 10.6 Å². The Hall–Kier alpha value is -0.120. The summed E-state index contributed by atoms with van der Waals surface area (Å²) in [5.74, 6) is 0.843. The summed E-state index contributed by atoms with van der Waals surface area (Å²) in [5, 5.41) is 16.7. The molecule has 1 aliphatic heterocycles. The lowest BCUT2D eigenvalue weighted by atomic mass is 9.74. The van der Waals surface area contributed by atoms with Gasteiger partial charge in [-0.2, -0.15) is 0 Å². The van der Waals surface area contributed by atoms with Crippen LogP contribution in [0.2, 0.25) is 0 Å². The van der Waals surface area contributed by atoms with E-state index in [1.807, 2.05) is 0 Å². The molecule has 3 N–H and O–H groups in total. The second-order valence-corrected chi connectivity index (χ2v) is 6.04. The van der Waals surface area contributed by atoms with Crippen LogP contribution in [-0.4, -0.2) is 37.9 Å². The highest BCUT2D eigenvalue weighted by Gasteiger charge is 2.31. The van der Waals surface area contributed by atoms with Crippen LogP contribution in [-0.2, 0) is 0 Å². The van der Waals surface area contributed by atoms with Crippen LogP contribution in [0.1, 0.15) is 44.9 Å². The SMILES string of the molecule is OCC1(CNCC2CCNCC2)CCCCC1. The molecule has 0 aromatic carbocycles. The van der Waals surface area contributed by atoms with Crippen LogP contribution in [0.4, 0.5) is 0 Å². The van der Waals surface area contributed by atoms with E-state index < -0.39 is 0 Å². The average molecular weight is 240 g/mol. The minimum atomic E-state index is 0.200. The van der Waals surface area contributed by atoms with Crippen LogP contribution in [0.25, 0.3) is 0 Å². The van der Waals surface area contributed by atoms with Gasteiger partial charge in [0.1, 0.15) is 0 Å². The quantitative estimate of drug-likeness (QED) is 0.683. The van der Waals surface area contributed by atoms with E-state index in [0.29, 0.717) is 6.61 Å². The van der Waals surface area contributed by atoms with Crippen LogP contribution in [0.15, 0.2) is 0 Å². The van der Waals surface area contributed by atoms with Gasteiger partial charge in [0.15, 0.2) is 0 Å². The third-order valence-electron chi connectivity index (χ3n) is 4.64. The van der Waals surface area contributed by atoms with Crippen LogP contribution >= 0.6 is 0 Å². The number of hydrogen-bond donors (Lipinski definition) is 3. The zero-order valence-electron chi connectivity index (χ0n) is 11.0. The van der Waals surface area contributed by atoms with Crippen LogP contribution < -0.4 is 10.6 Å². The summed E-state index contributed by atoms with van der Waals surface area (Å²) >= 11 is 0. The number of aliphatic hydroxyl groups is 1. The van der Waals surface area contributed by atoms with E-state index in [-0.39, 0.29) is 5.41 Å². The summed E-state index contributed by atoms with van der Waals surface area (Å²) in [7, 11) is 0. The third kappa shape index (κ3) is 3.94. The van der Waals surface area contributed by atoms with Crippen molar-refractivity contribution in [1.29, 1.82) is 0 Å². The second kappa shape index (κ2) is 6.72. The predicted octanol–water partition coefficient (Wildman–Crippen LogP) is 1.52. The van der Waals surface area contributed by atoms with Gasteiger partial charge in [-0.1, -0.05) is 19.3 Å². The van der Waals surface area contributed by atoms with Crippen molar-refractivity contribution in [2.24, 2.45) is 11.3 Å². The molecule has 1 saturated carbocycles. The summed E-state index contributed by atoms with van der Waals surface area (Å²) in [6, 6.07) is 0. The highest BCUT2D eigenvalue weighted by molar-refractivity contribution is 4.85. The Balaban J connectivity index is 1.68. The molecular formula is C14H28N2O. The number of piperidine rings is 1. The van der Waals surface area contributed by atoms with E-state index in [2.05, 4.69) is 10.6 Å². The van der Waals surface area contributed by atoms with E-state index in [9.17, 15) is 5.11 Å². The lowest BCUT2D eigenvalue weighted by Crippen LogP contribution is -2.42. The van der Waals surface area contributed by atoms with E-state index in [1.54, 1.807) is 0 Å². The molecular weight excluding hydrogens is 212 g/mol. The van der Waals surface area contributed by atoms with Gasteiger partial charge in [0.05, 0.1) is 0 Å². The molecule has 0 spiro atoms. The van der Waals surface area contributed by atoms with E-state index >= 15 is 0 Å². The molecule has 0 atom stereocenters. The van der Waals surface area contributed by atoms with E-state index in [1.165, 1.54) is 58.0 Å². The Morgan fingerprint density at radius 2 is 1.82 bits per heavy atom. The molecule has 1 heterocycles. The molecule has 0 amide bonds. The first kappa shape index (κ1) is 13.3. The molecule has 2 rings (SSSR count). The molecule has 3 nitrogen and oxygen atoms in total. The van der Waals surface area contributed by atoms with Gasteiger partial charge in [0.2, 0.25) is 0 Å². The van der Waals surface area contributed by atoms with Gasteiger partial charge < -0.3 is 15.7 Å². The van der Waals surface area contributed by atoms with Gasteiger partial charge in [-0.05, 0) is 51.2 Å². The number of nitrogens with one attached hydrogen (secondary N) is 2. The first-order valence-corrected chi connectivity index (χ1v) is 7.37. The lowest BCUT2D eigenvalue weighted by Gasteiger charge is -2.36. The topological polar surface area (TPSA) is 44.3 Å². The Labute approximate surface area is 105 Å². The lowest BCUT2D eigenvalue weighted by molar-refractivity contribution is 0.0799. The average Bonchev–Trinajstić information content (AvgIpc) is 2.41. The summed E-state index contributed by atoms with van der Waals surface area (Å²) in [4.78, 5) is 0. The van der Waals surface area contributed by atoms with Crippen molar-refractivity contribution in [3.63, 3.8) is 0 Å². The fraction of sp³-hybridized carbons (Fsp3) is 1.00. The van der Waals surface area contributed by atoms with E-state index in [0.717, 1.165) is 19.0 Å². The predicted molar refractivity (Wildman–Crippen MR) is 71.1 cm³/mol. The van der Waals surface area contributed by atoms with Gasteiger partial charge in [-0.3, -0.25) is 0 Å². The molecule has 1 saturated heterocycles. The maximum Gasteiger partial charge on any atom is 0.0499 e. The Morgan fingerprint density at radius 3 is 2.47 bits per heavy atom. The van der Waals surface area contributed by atoms with Gasteiger partial charge in [-0.15, -0.1) is 0 Å². The molecule has 0 unspecified atom stereocenters. The second-order valence-electron chi connectivity index (χ2n) is 6.04. The third-order valence-corrected chi connectivity index (χ3v) is 4.64. The normalized spacial score (nSPS) is 25.9. The van der Waals surface area contributed by atoms with Crippen molar-refractivity contribution >= 4 is 0 Å². The van der Waals surface area contributed by atoms with Crippen molar-refractivity contribution in [3.8, 4) is 0 Å². The minimum Gasteiger partial charge on any atom is -0.396 e. The Morgan fingerprint density at radius 1 is 1.12 bits per heavy atom. The molecule has 0 aromatic heterocycles. The number of aliphatic hydroxyl groups excluding tert-OH is 1. The maximum atomic E-state index is 9.63. The molecule has 0 aromatic rings. The summed E-state index contributed by atoms with van der Waals surface area (Å²) in [5.41, 5.74) is 0.200. The first-order chi connectivity index (χ1) is 8.35. The number of rotatable bonds is 5. The molecule has 0 radical (unpaired) electrons. The van der Waals surface area contributed by atoms with Gasteiger partial charge >= 0.3 is 0 Å². The van der Waals surface area contributed by atoms with Crippen LogP contribution in [0.3, 0.4) is 0 Å². The molecule has 100 valence electrons. The molecule has 17 heavy (non-hydrogen) atoms. The highest BCUT2D eigenvalue weighted by Crippen LogP contribution is 2.35. The minimum absolute atomic E-state index is 0.200. The molecule has 0 bridgehead atoms. The Kier molecular flexibility index (Phi) is 5.26. The molecule has 1 aliphatic carbocycles. The van der Waals surface area contributed by atoms with Crippen molar-refractivity contribution in [2.75, 3.05) is 32.8 Å². The van der Waals surface area contributed by atoms with E-state index in [4.69, 9.17) is 0 Å². The largest absolute Gasteiger partial charge is 0.396 e. The van der Waals surface area contributed by atoms with Gasteiger partial charge in [0.25, 0.3) is 0 Å². The summed E-state index contributed by atoms with van der Waals surface area (Å²) in [6.45, 7) is 4.89. The van der Waals surface area contributed by atoms with Gasteiger partial charge in [0, 0.05) is 18.6 Å². The van der Waals surface area contributed by atoms with Gasteiger partial charge in [-0.25, -0.2) is 0 Å². The van der Waals surface area contributed by atoms with Crippen molar-refractivity contribution in [3.05, 3.63) is 0 Å². The zero-order valence-corrected chi connectivity index (χ0v) is 11.0. The standard InChI is InChI=1S/C14H28N2O/c17-12-14(6-2-1-3-7-14)11-16-10-13-4-8-15-9-5-13/h13,15-17H,1-12H2. The molecule has 2 aliphatic rings. The first-order valence-electron chi connectivity index (χ1n) is 7.37. The summed E-state index contributed by atoms with van der Waals surface area (Å²) < 4.78 is 0. The highest BCUT2D eigenvalue weighted by atomic mass is 16.3. The fourth-order valence-electron chi connectivity index (χ4n) is 3.32. The maximum absolute atomic E-state index is 9.63. The van der Waals surface area contributed by atoms with Crippen LogP contribution in [0.5, 0.6) is 0 Å². The van der Waals surface area contributed by atoms with Crippen LogP contribution in [0, 0.1) is 11.3 Å². The monoisotopic (exact) mass is 240 g/mol. The molecule has 3 heteroatoms. The smallest absolute Gasteiger partial charge is 0.0499 e. The number of hydrogen-bond acceptors (Lipinski definition) is 3. The summed E-state index contributed by atoms with van der Waals surface area (Å²) in [6.07, 6.45) is 8.99. The zero-order chi connectivity index (χ0) is 12.0. The van der Waals surface area contributed by atoms with Crippen molar-refractivity contribution in [2.45, 2.75) is 44.9 Å². The van der Waals surface area contributed by atoms with Crippen molar-refractivity contribution < 1.29 is 5.11 Å².